The second-order valence-electron chi connectivity index (χ2n) is 4.32. The van der Waals surface area contributed by atoms with Gasteiger partial charge in [0.15, 0.2) is 5.16 Å². The van der Waals surface area contributed by atoms with E-state index in [0.717, 1.165) is 0 Å². The first-order valence-electron chi connectivity index (χ1n) is 6.21. The van der Waals surface area contributed by atoms with E-state index >= 15 is 0 Å². The van der Waals surface area contributed by atoms with E-state index in [2.05, 4.69) is 15.5 Å². The van der Waals surface area contributed by atoms with E-state index < -0.39 is 11.5 Å². The van der Waals surface area contributed by atoms with Crippen molar-refractivity contribution >= 4 is 17.7 Å². The van der Waals surface area contributed by atoms with Crippen molar-refractivity contribution in [1.29, 1.82) is 0 Å². The molecule has 1 heterocycles. The summed E-state index contributed by atoms with van der Waals surface area (Å²) in [6.07, 6.45) is 0.450. The maximum atomic E-state index is 11.4. The van der Waals surface area contributed by atoms with Gasteiger partial charge in [-0.15, -0.1) is 5.10 Å². The van der Waals surface area contributed by atoms with Crippen LogP contribution in [0.1, 0.15) is 27.2 Å². The predicted molar refractivity (Wildman–Crippen MR) is 73.6 cm³/mol. The summed E-state index contributed by atoms with van der Waals surface area (Å²) in [6.45, 7) is 6.53. The fourth-order valence-corrected chi connectivity index (χ4v) is 2.87. The van der Waals surface area contributed by atoms with Crippen LogP contribution in [0.5, 0.6) is 0 Å². The first kappa shape index (κ1) is 15.8. The number of aromatic amines is 1. The Bertz CT molecular complexity index is 485. The van der Waals surface area contributed by atoms with Gasteiger partial charge in [-0.1, -0.05) is 18.7 Å². The average molecular weight is 288 g/mol. The minimum atomic E-state index is -0.949. The summed E-state index contributed by atoms with van der Waals surface area (Å²) in [5.74, 6) is -0.301. The van der Waals surface area contributed by atoms with Crippen LogP contribution in [0.15, 0.2) is 9.95 Å². The lowest BCUT2D eigenvalue weighted by Crippen LogP contribution is -2.49. The minimum Gasteiger partial charge on any atom is -0.480 e. The van der Waals surface area contributed by atoms with E-state index in [1.54, 1.807) is 6.92 Å². The van der Waals surface area contributed by atoms with Gasteiger partial charge in [-0.3, -0.25) is 9.36 Å². The molecule has 8 heteroatoms. The maximum Gasteiger partial charge on any atom is 0.343 e. The van der Waals surface area contributed by atoms with Crippen LogP contribution >= 0.6 is 11.8 Å². The quantitative estimate of drug-likeness (QED) is 0.603. The van der Waals surface area contributed by atoms with Gasteiger partial charge in [-0.25, -0.2) is 9.89 Å². The van der Waals surface area contributed by atoms with Crippen molar-refractivity contribution in [2.24, 2.45) is 0 Å². The maximum absolute atomic E-state index is 11.4. The lowest BCUT2D eigenvalue weighted by molar-refractivity contribution is -0.144. The summed E-state index contributed by atoms with van der Waals surface area (Å²) in [5.41, 5.74) is -1.19. The molecule has 1 atom stereocenters. The molecule has 19 heavy (non-hydrogen) atoms. The number of rotatable bonds is 8. The van der Waals surface area contributed by atoms with Crippen molar-refractivity contribution < 1.29 is 9.90 Å². The molecule has 0 bridgehead atoms. The average Bonchev–Trinajstić information content (AvgIpc) is 2.70. The third kappa shape index (κ3) is 3.84. The smallest absolute Gasteiger partial charge is 0.343 e. The normalized spacial score (nSPS) is 14.3. The van der Waals surface area contributed by atoms with E-state index in [1.165, 1.54) is 16.3 Å². The van der Waals surface area contributed by atoms with E-state index in [1.807, 2.05) is 13.8 Å². The fraction of sp³-hybridized carbons (Fsp3) is 0.727. The van der Waals surface area contributed by atoms with E-state index in [0.29, 0.717) is 30.4 Å². The summed E-state index contributed by atoms with van der Waals surface area (Å²) >= 11 is 1.38. The van der Waals surface area contributed by atoms with Crippen LogP contribution < -0.4 is 11.0 Å². The number of likely N-dealkylation sites (N-methyl/N-ethyl adjacent to an activating group) is 1. The lowest BCUT2D eigenvalue weighted by Gasteiger charge is -2.25. The van der Waals surface area contributed by atoms with Crippen molar-refractivity contribution in [1.82, 2.24) is 20.1 Å². The van der Waals surface area contributed by atoms with E-state index in [-0.39, 0.29) is 5.69 Å². The number of thioether (sulfide) groups is 1. The van der Waals surface area contributed by atoms with Gasteiger partial charge in [0.1, 0.15) is 5.54 Å². The van der Waals surface area contributed by atoms with Crippen LogP contribution in [0.2, 0.25) is 0 Å². The van der Waals surface area contributed by atoms with Gasteiger partial charge in [-0.2, -0.15) is 0 Å². The minimum absolute atomic E-state index is 0.238. The van der Waals surface area contributed by atoms with Crippen molar-refractivity contribution in [2.45, 2.75) is 44.4 Å². The third-order valence-corrected chi connectivity index (χ3v) is 3.89. The molecule has 1 rings (SSSR count). The highest BCUT2D eigenvalue weighted by molar-refractivity contribution is 7.99. The van der Waals surface area contributed by atoms with Gasteiger partial charge in [0, 0.05) is 12.3 Å². The number of aliphatic carboxylic acids is 1. The molecule has 0 aliphatic carbocycles. The fourth-order valence-electron chi connectivity index (χ4n) is 1.70. The van der Waals surface area contributed by atoms with Crippen molar-refractivity contribution in [3.8, 4) is 0 Å². The SMILES string of the molecule is CCNC(C)(CCSc1n[nH]c(=O)n1CC)C(=O)O. The van der Waals surface area contributed by atoms with Crippen LogP contribution in [0, 0.1) is 0 Å². The molecule has 0 fully saturated rings. The van der Waals surface area contributed by atoms with Crippen molar-refractivity contribution in [3.05, 3.63) is 10.5 Å². The Kier molecular flexibility index (Phi) is 5.61. The van der Waals surface area contributed by atoms with E-state index in [9.17, 15) is 14.7 Å². The highest BCUT2D eigenvalue weighted by atomic mass is 32.2. The highest BCUT2D eigenvalue weighted by Gasteiger charge is 2.31. The molecular weight excluding hydrogens is 268 g/mol. The number of carboxylic acid groups (broad SMARTS) is 1. The molecule has 1 aromatic rings. The molecular formula is C11H20N4O3S. The molecule has 0 aromatic carbocycles. The summed E-state index contributed by atoms with van der Waals surface area (Å²) in [6, 6.07) is 0. The van der Waals surface area contributed by atoms with Gasteiger partial charge in [0.2, 0.25) is 0 Å². The van der Waals surface area contributed by atoms with E-state index in [4.69, 9.17) is 0 Å². The molecule has 1 unspecified atom stereocenters. The topological polar surface area (TPSA) is 100 Å². The molecule has 0 radical (unpaired) electrons. The summed E-state index contributed by atoms with van der Waals surface area (Å²) in [5, 5.41) is 19.1. The molecule has 7 nitrogen and oxygen atoms in total. The van der Waals surface area contributed by atoms with Crippen LogP contribution in [0.3, 0.4) is 0 Å². The van der Waals surface area contributed by atoms with Gasteiger partial charge in [0.05, 0.1) is 0 Å². The van der Waals surface area contributed by atoms with Crippen LogP contribution in [-0.4, -0.2) is 43.7 Å². The second kappa shape index (κ2) is 6.76. The predicted octanol–water partition coefficient (Wildman–Crippen LogP) is 0.526. The number of H-pyrrole nitrogens is 1. The highest BCUT2D eigenvalue weighted by Crippen LogP contribution is 2.19. The van der Waals surface area contributed by atoms with Gasteiger partial charge in [-0.05, 0) is 26.8 Å². The van der Waals surface area contributed by atoms with Crippen LogP contribution in [-0.2, 0) is 11.3 Å². The number of hydrogen-bond donors (Lipinski definition) is 3. The van der Waals surface area contributed by atoms with Crippen LogP contribution in [0.4, 0.5) is 0 Å². The molecule has 3 N–H and O–H groups in total. The molecule has 0 spiro atoms. The molecule has 108 valence electrons. The van der Waals surface area contributed by atoms with Gasteiger partial charge < -0.3 is 10.4 Å². The largest absolute Gasteiger partial charge is 0.480 e. The number of carbonyl (C=O) groups is 1. The lowest BCUT2D eigenvalue weighted by atomic mass is 9.99. The van der Waals surface area contributed by atoms with Crippen LogP contribution in [0.25, 0.3) is 0 Å². The van der Waals surface area contributed by atoms with Gasteiger partial charge >= 0.3 is 11.7 Å². The summed E-state index contributed by atoms with van der Waals surface area (Å²) < 4.78 is 1.52. The Labute approximate surface area is 115 Å². The van der Waals surface area contributed by atoms with Crippen molar-refractivity contribution in [3.63, 3.8) is 0 Å². The summed E-state index contributed by atoms with van der Waals surface area (Å²) in [4.78, 5) is 22.6. The first-order chi connectivity index (χ1) is 8.94. The Balaban J connectivity index is 2.62. The zero-order valence-electron chi connectivity index (χ0n) is 11.4. The Morgan fingerprint density at radius 1 is 1.58 bits per heavy atom. The third-order valence-electron chi connectivity index (χ3n) is 2.91. The summed E-state index contributed by atoms with van der Waals surface area (Å²) in [7, 11) is 0. The number of carboxylic acids is 1. The van der Waals surface area contributed by atoms with Crippen molar-refractivity contribution in [2.75, 3.05) is 12.3 Å². The number of nitrogens with zero attached hydrogens (tertiary/aromatic N) is 2. The number of nitrogens with one attached hydrogen (secondary N) is 2. The van der Waals surface area contributed by atoms with Gasteiger partial charge in [0.25, 0.3) is 0 Å². The number of aromatic nitrogens is 3. The Hall–Kier alpha value is -1.28. The Morgan fingerprint density at radius 3 is 2.79 bits per heavy atom. The molecule has 0 aliphatic heterocycles. The molecule has 0 aliphatic rings. The number of hydrogen-bond acceptors (Lipinski definition) is 5. The Morgan fingerprint density at radius 2 is 2.26 bits per heavy atom. The molecule has 0 amide bonds. The molecule has 0 saturated carbocycles. The monoisotopic (exact) mass is 288 g/mol. The molecule has 1 aromatic heterocycles. The standard InChI is InChI=1S/C11H20N4O3S/c1-4-12-11(3,8(16)17)6-7-19-10-14-13-9(18)15(10)5-2/h12H,4-7H2,1-3H3,(H,13,18)(H,16,17). The second-order valence-corrected chi connectivity index (χ2v) is 5.38. The first-order valence-corrected chi connectivity index (χ1v) is 7.19. The molecule has 0 saturated heterocycles. The zero-order valence-corrected chi connectivity index (χ0v) is 12.2. The zero-order chi connectivity index (χ0) is 14.5.